The first-order valence-corrected chi connectivity index (χ1v) is 10.2. The van der Waals surface area contributed by atoms with Gasteiger partial charge in [0, 0.05) is 35.1 Å². The smallest absolute Gasteiger partial charge is 0.244 e. The number of halogens is 1. The van der Waals surface area contributed by atoms with Crippen LogP contribution in [0.3, 0.4) is 0 Å². The molecular formula is C23H19FN4OS. The van der Waals surface area contributed by atoms with Crippen molar-refractivity contribution in [3.63, 3.8) is 0 Å². The van der Waals surface area contributed by atoms with Gasteiger partial charge in [0.2, 0.25) is 5.91 Å². The highest BCUT2D eigenvalue weighted by Crippen LogP contribution is 2.24. The van der Waals surface area contributed by atoms with Gasteiger partial charge in [0.15, 0.2) is 0 Å². The van der Waals surface area contributed by atoms with E-state index in [4.69, 9.17) is 0 Å². The monoisotopic (exact) mass is 418 g/mol. The van der Waals surface area contributed by atoms with Crippen molar-refractivity contribution in [2.45, 2.75) is 13.0 Å². The van der Waals surface area contributed by atoms with Crippen molar-refractivity contribution in [1.29, 1.82) is 0 Å². The number of hydrogen-bond acceptors (Lipinski definition) is 4. The van der Waals surface area contributed by atoms with E-state index < -0.39 is 0 Å². The summed E-state index contributed by atoms with van der Waals surface area (Å²) >= 11 is 1.45. The number of carbonyl (C=O) groups excluding carboxylic acids is 1. The van der Waals surface area contributed by atoms with E-state index >= 15 is 0 Å². The van der Waals surface area contributed by atoms with Crippen LogP contribution in [0.4, 0.5) is 4.39 Å². The highest BCUT2D eigenvalue weighted by Gasteiger charge is 2.09. The molecule has 0 unspecified atom stereocenters. The quantitative estimate of drug-likeness (QED) is 0.447. The molecule has 7 heteroatoms. The number of aromatic nitrogens is 3. The third kappa shape index (κ3) is 4.69. The Labute approximate surface area is 177 Å². The second kappa shape index (κ2) is 8.84. The second-order valence-electron chi connectivity index (χ2n) is 6.71. The van der Waals surface area contributed by atoms with Gasteiger partial charge in [0.1, 0.15) is 10.8 Å². The summed E-state index contributed by atoms with van der Waals surface area (Å²) in [6.45, 7) is 1.94. The molecule has 1 atom stereocenters. The van der Waals surface area contributed by atoms with Gasteiger partial charge in [0.25, 0.3) is 0 Å². The lowest BCUT2D eigenvalue weighted by Gasteiger charge is -2.13. The zero-order valence-corrected chi connectivity index (χ0v) is 17.0. The van der Waals surface area contributed by atoms with Crippen molar-refractivity contribution < 1.29 is 9.18 Å². The number of benzene rings is 2. The molecule has 0 radical (unpaired) electrons. The van der Waals surface area contributed by atoms with Gasteiger partial charge >= 0.3 is 0 Å². The Hall–Kier alpha value is -3.58. The number of thiazole rings is 1. The predicted molar refractivity (Wildman–Crippen MR) is 117 cm³/mol. The summed E-state index contributed by atoms with van der Waals surface area (Å²) in [7, 11) is 0. The topological polar surface area (TPSA) is 59.8 Å². The van der Waals surface area contributed by atoms with E-state index in [1.54, 1.807) is 30.7 Å². The molecule has 2 aromatic carbocycles. The summed E-state index contributed by atoms with van der Waals surface area (Å²) in [5.74, 6) is -0.477. The maximum Gasteiger partial charge on any atom is 0.244 e. The summed E-state index contributed by atoms with van der Waals surface area (Å²) in [5.41, 5.74) is 3.55. The third-order valence-corrected chi connectivity index (χ3v) is 5.48. The average Bonchev–Trinajstić information content (AvgIpc) is 3.45. The lowest BCUT2D eigenvalue weighted by molar-refractivity contribution is -0.117. The Morgan fingerprint density at radius 1 is 1.17 bits per heavy atom. The number of rotatable bonds is 6. The van der Waals surface area contributed by atoms with Gasteiger partial charge in [0.05, 0.1) is 18.1 Å². The van der Waals surface area contributed by atoms with Crippen LogP contribution >= 0.6 is 11.3 Å². The molecule has 2 aromatic heterocycles. The number of carbonyl (C=O) groups is 1. The van der Waals surface area contributed by atoms with Crippen LogP contribution in [0.25, 0.3) is 22.3 Å². The number of nitrogens with zero attached hydrogens (tertiary/aromatic N) is 3. The summed E-state index contributed by atoms with van der Waals surface area (Å²) in [5, 5.41) is 5.60. The van der Waals surface area contributed by atoms with Crippen LogP contribution in [-0.4, -0.2) is 20.4 Å². The SMILES string of the molecule is C[C@@H](NC(=O)/C=C\c1csc(-c2ccc(F)cc2)n1)c1ccc(-n2ccnc2)cc1. The summed E-state index contributed by atoms with van der Waals surface area (Å²) in [6.07, 6.45) is 8.50. The molecule has 0 aliphatic carbocycles. The number of nitrogens with one attached hydrogen (secondary N) is 1. The first-order chi connectivity index (χ1) is 14.6. The fraction of sp³-hybridized carbons (Fsp3) is 0.0870. The van der Waals surface area contributed by atoms with Crippen molar-refractivity contribution in [1.82, 2.24) is 19.9 Å². The minimum Gasteiger partial charge on any atom is -0.346 e. The number of hydrogen-bond donors (Lipinski definition) is 1. The van der Waals surface area contributed by atoms with Gasteiger partial charge in [-0.1, -0.05) is 12.1 Å². The molecule has 0 fully saturated rings. The third-order valence-electron chi connectivity index (χ3n) is 4.57. The van der Waals surface area contributed by atoms with E-state index in [1.165, 1.54) is 29.5 Å². The van der Waals surface area contributed by atoms with E-state index in [0.717, 1.165) is 21.8 Å². The molecule has 0 saturated heterocycles. The van der Waals surface area contributed by atoms with Gasteiger partial charge in [-0.15, -0.1) is 11.3 Å². The second-order valence-corrected chi connectivity index (χ2v) is 7.57. The highest BCUT2D eigenvalue weighted by molar-refractivity contribution is 7.13. The van der Waals surface area contributed by atoms with Crippen molar-refractivity contribution in [3.05, 3.63) is 95.8 Å². The van der Waals surface area contributed by atoms with Crippen molar-refractivity contribution >= 4 is 23.3 Å². The number of amides is 1. The Morgan fingerprint density at radius 3 is 2.63 bits per heavy atom. The summed E-state index contributed by atoms with van der Waals surface area (Å²) in [4.78, 5) is 20.8. The zero-order valence-electron chi connectivity index (χ0n) is 16.2. The lowest BCUT2D eigenvalue weighted by atomic mass is 10.1. The molecule has 0 saturated carbocycles. The van der Waals surface area contributed by atoms with Crippen molar-refractivity contribution in [2.75, 3.05) is 0 Å². The fourth-order valence-corrected chi connectivity index (χ4v) is 3.73. The first-order valence-electron chi connectivity index (χ1n) is 9.37. The zero-order chi connectivity index (χ0) is 20.9. The first kappa shape index (κ1) is 19.7. The van der Waals surface area contributed by atoms with Gasteiger partial charge in [-0.2, -0.15) is 0 Å². The molecule has 1 amide bonds. The van der Waals surface area contributed by atoms with Gasteiger partial charge in [-0.25, -0.2) is 14.4 Å². The predicted octanol–water partition coefficient (Wildman–Crippen LogP) is 5.03. The minimum atomic E-state index is -0.280. The van der Waals surface area contributed by atoms with Gasteiger partial charge in [-0.05, 0) is 55.0 Å². The van der Waals surface area contributed by atoms with E-state index in [1.807, 2.05) is 47.3 Å². The Morgan fingerprint density at radius 2 is 1.93 bits per heavy atom. The maximum absolute atomic E-state index is 13.1. The van der Waals surface area contributed by atoms with Gasteiger partial charge in [-0.3, -0.25) is 4.79 Å². The molecule has 0 aliphatic rings. The number of imidazole rings is 1. The molecule has 0 spiro atoms. The van der Waals surface area contributed by atoms with Crippen LogP contribution in [0.2, 0.25) is 0 Å². The van der Waals surface area contributed by atoms with Crippen LogP contribution < -0.4 is 5.32 Å². The molecule has 0 aliphatic heterocycles. The van der Waals surface area contributed by atoms with E-state index in [2.05, 4.69) is 15.3 Å². The van der Waals surface area contributed by atoms with Crippen LogP contribution in [-0.2, 0) is 4.79 Å². The van der Waals surface area contributed by atoms with Crippen LogP contribution in [0, 0.1) is 5.82 Å². The summed E-state index contributed by atoms with van der Waals surface area (Å²) in [6, 6.07) is 14.0. The Kier molecular flexibility index (Phi) is 5.81. The standard InChI is InChI=1S/C23H19FN4OS/c1-16(17-4-9-21(10-5-17)28-13-12-25-15-28)26-22(29)11-8-20-14-30-23(27-20)18-2-6-19(24)7-3-18/h2-16H,1H3,(H,26,29)/b11-8-/t16-/m1/s1. The van der Waals surface area contributed by atoms with Crippen LogP contribution in [0.5, 0.6) is 0 Å². The normalized spacial score (nSPS) is 12.2. The molecule has 4 rings (SSSR count). The van der Waals surface area contributed by atoms with Crippen LogP contribution in [0.1, 0.15) is 24.2 Å². The molecule has 0 bridgehead atoms. The van der Waals surface area contributed by atoms with Crippen molar-refractivity contribution in [2.24, 2.45) is 0 Å². The lowest BCUT2D eigenvalue weighted by Crippen LogP contribution is -2.24. The minimum absolute atomic E-state index is 0.135. The van der Waals surface area contributed by atoms with E-state index in [0.29, 0.717) is 5.69 Å². The average molecular weight is 418 g/mol. The molecular weight excluding hydrogens is 399 g/mol. The van der Waals surface area contributed by atoms with E-state index in [9.17, 15) is 9.18 Å². The molecule has 30 heavy (non-hydrogen) atoms. The Bertz CT molecular complexity index is 1150. The fourth-order valence-electron chi connectivity index (χ4n) is 2.94. The molecule has 5 nitrogen and oxygen atoms in total. The van der Waals surface area contributed by atoms with Gasteiger partial charge < -0.3 is 9.88 Å². The highest BCUT2D eigenvalue weighted by atomic mass is 32.1. The van der Waals surface area contributed by atoms with E-state index in [-0.39, 0.29) is 17.8 Å². The van der Waals surface area contributed by atoms with Crippen LogP contribution in [0.15, 0.2) is 78.7 Å². The summed E-state index contributed by atoms with van der Waals surface area (Å²) < 4.78 is 15.0. The van der Waals surface area contributed by atoms with Crippen molar-refractivity contribution in [3.8, 4) is 16.3 Å². The maximum atomic E-state index is 13.1. The molecule has 4 aromatic rings. The molecule has 1 N–H and O–H groups in total. The molecule has 150 valence electrons. The Balaban J connectivity index is 1.36. The largest absolute Gasteiger partial charge is 0.346 e. The molecule has 2 heterocycles.